The van der Waals surface area contributed by atoms with Gasteiger partial charge in [-0.3, -0.25) is 4.79 Å². The number of para-hydroxylation sites is 1. The van der Waals surface area contributed by atoms with Gasteiger partial charge in [-0.25, -0.2) is 0 Å². The van der Waals surface area contributed by atoms with E-state index in [1.807, 2.05) is 56.6 Å². The predicted molar refractivity (Wildman–Crippen MR) is 93.3 cm³/mol. The summed E-state index contributed by atoms with van der Waals surface area (Å²) in [5.41, 5.74) is 4.54. The lowest BCUT2D eigenvalue weighted by atomic mass is 10.0. The molecule has 2 aromatic carbocycles. The minimum atomic E-state index is -0.0775. The summed E-state index contributed by atoms with van der Waals surface area (Å²) in [5.74, 6) is 0.684. The minimum Gasteiger partial charge on any atom is -0.496 e. The zero-order chi connectivity index (χ0) is 16.4. The summed E-state index contributed by atoms with van der Waals surface area (Å²) in [6, 6.07) is 13.8. The van der Waals surface area contributed by atoms with E-state index in [2.05, 4.69) is 16.3 Å². The fourth-order valence-corrected chi connectivity index (χ4v) is 2.80. The molecule has 3 rings (SSSR count). The summed E-state index contributed by atoms with van der Waals surface area (Å²) >= 11 is 0. The fourth-order valence-electron chi connectivity index (χ4n) is 2.80. The van der Waals surface area contributed by atoms with Crippen LogP contribution in [0.3, 0.4) is 0 Å². The predicted octanol–water partition coefficient (Wildman–Crippen LogP) is 3.25. The Kier molecular flexibility index (Phi) is 4.17. The summed E-state index contributed by atoms with van der Waals surface area (Å²) in [6.07, 6.45) is 1.90. The Morgan fingerprint density at radius 1 is 1.17 bits per heavy atom. The lowest BCUT2D eigenvalue weighted by Crippen LogP contribution is -2.10. The first kappa shape index (κ1) is 15.3. The molecule has 1 aliphatic heterocycles. The molecule has 1 N–H and O–H groups in total. The van der Waals surface area contributed by atoms with Crippen LogP contribution in [0, 0.1) is 0 Å². The lowest BCUT2D eigenvalue weighted by molar-refractivity contribution is -0.110. The van der Waals surface area contributed by atoms with Crippen LogP contribution in [0.2, 0.25) is 0 Å². The monoisotopic (exact) mass is 308 g/mol. The smallest absolute Gasteiger partial charge is 0.256 e. The van der Waals surface area contributed by atoms with Crippen LogP contribution in [0.5, 0.6) is 5.75 Å². The van der Waals surface area contributed by atoms with Gasteiger partial charge in [0.05, 0.1) is 7.11 Å². The molecule has 0 spiro atoms. The number of carbonyl (C=O) groups excluding carboxylic acids is 1. The highest BCUT2D eigenvalue weighted by atomic mass is 16.5. The van der Waals surface area contributed by atoms with E-state index in [0.717, 1.165) is 29.1 Å². The molecular formula is C19H20N2O2. The summed E-state index contributed by atoms with van der Waals surface area (Å²) in [6.45, 7) is 0.836. The van der Waals surface area contributed by atoms with E-state index in [4.69, 9.17) is 4.74 Å². The molecule has 0 bridgehead atoms. The van der Waals surface area contributed by atoms with E-state index >= 15 is 0 Å². The third kappa shape index (κ3) is 3.12. The van der Waals surface area contributed by atoms with Crippen LogP contribution in [0.15, 0.2) is 42.5 Å². The summed E-state index contributed by atoms with van der Waals surface area (Å²) in [7, 11) is 5.71. The van der Waals surface area contributed by atoms with Crippen LogP contribution in [0.25, 0.3) is 11.6 Å². The maximum Gasteiger partial charge on any atom is 0.256 e. The number of rotatable bonds is 4. The highest BCUT2D eigenvalue weighted by Crippen LogP contribution is 2.34. The molecule has 0 radical (unpaired) electrons. The van der Waals surface area contributed by atoms with Gasteiger partial charge in [-0.2, -0.15) is 0 Å². The van der Waals surface area contributed by atoms with Crippen molar-refractivity contribution in [3.8, 4) is 5.75 Å². The molecule has 0 saturated carbocycles. The van der Waals surface area contributed by atoms with E-state index < -0.39 is 0 Å². The quantitative estimate of drug-likeness (QED) is 0.882. The van der Waals surface area contributed by atoms with Crippen molar-refractivity contribution < 1.29 is 9.53 Å². The molecule has 0 saturated heterocycles. The van der Waals surface area contributed by atoms with Gasteiger partial charge in [0, 0.05) is 28.9 Å². The average molecular weight is 308 g/mol. The van der Waals surface area contributed by atoms with Gasteiger partial charge in [-0.05, 0) is 43.9 Å². The number of benzene rings is 2. The van der Waals surface area contributed by atoms with Crippen molar-refractivity contribution in [2.75, 3.05) is 26.5 Å². The Balaban J connectivity index is 2.06. The molecule has 0 unspecified atom stereocenters. The van der Waals surface area contributed by atoms with Gasteiger partial charge in [-0.1, -0.05) is 24.3 Å². The number of hydrogen-bond acceptors (Lipinski definition) is 3. The van der Waals surface area contributed by atoms with Crippen molar-refractivity contribution >= 4 is 23.2 Å². The molecule has 0 atom stereocenters. The summed E-state index contributed by atoms with van der Waals surface area (Å²) in [5, 5.41) is 2.90. The van der Waals surface area contributed by atoms with Crippen molar-refractivity contribution in [1.82, 2.24) is 4.90 Å². The molecular weight excluding hydrogens is 288 g/mol. The number of anilines is 1. The molecule has 2 aromatic rings. The first-order chi connectivity index (χ1) is 11.1. The van der Waals surface area contributed by atoms with E-state index in [1.54, 1.807) is 7.11 Å². The number of methoxy groups -OCH3 is 1. The third-order valence-electron chi connectivity index (χ3n) is 3.80. The zero-order valence-corrected chi connectivity index (χ0v) is 13.6. The number of nitrogens with one attached hydrogen (secondary N) is 1. The number of ether oxygens (including phenoxy) is 1. The van der Waals surface area contributed by atoms with Crippen molar-refractivity contribution in [3.05, 3.63) is 59.2 Å². The first-order valence-electron chi connectivity index (χ1n) is 7.52. The Bertz CT molecular complexity index is 779. The Hall–Kier alpha value is -2.59. The Labute approximate surface area is 136 Å². The highest BCUT2D eigenvalue weighted by molar-refractivity contribution is 6.35. The summed E-state index contributed by atoms with van der Waals surface area (Å²) in [4.78, 5) is 14.4. The highest BCUT2D eigenvalue weighted by Gasteiger charge is 2.23. The molecule has 0 aromatic heterocycles. The van der Waals surface area contributed by atoms with Crippen molar-refractivity contribution in [2.24, 2.45) is 0 Å². The topological polar surface area (TPSA) is 41.6 Å². The molecule has 1 heterocycles. The molecule has 4 nitrogen and oxygen atoms in total. The van der Waals surface area contributed by atoms with Gasteiger partial charge in [-0.15, -0.1) is 0 Å². The van der Waals surface area contributed by atoms with E-state index in [-0.39, 0.29) is 5.91 Å². The molecule has 0 aliphatic carbocycles. The zero-order valence-electron chi connectivity index (χ0n) is 13.6. The van der Waals surface area contributed by atoms with Crippen LogP contribution in [0.4, 0.5) is 5.69 Å². The second-order valence-electron chi connectivity index (χ2n) is 5.87. The number of amides is 1. The Morgan fingerprint density at radius 3 is 2.70 bits per heavy atom. The number of fused-ring (bicyclic) bond motifs is 1. The SMILES string of the molecule is COc1ccc(CN(C)C)cc1/C=C1\C(=O)Nc2ccccc21. The number of hydrogen-bond donors (Lipinski definition) is 1. The molecule has 0 fully saturated rings. The molecule has 1 aliphatic rings. The fraction of sp³-hybridized carbons (Fsp3) is 0.211. The second-order valence-corrected chi connectivity index (χ2v) is 5.87. The molecule has 118 valence electrons. The van der Waals surface area contributed by atoms with Gasteiger partial charge in [0.25, 0.3) is 5.91 Å². The maximum atomic E-state index is 12.3. The van der Waals surface area contributed by atoms with Crippen molar-refractivity contribution in [2.45, 2.75) is 6.54 Å². The molecule has 4 heteroatoms. The largest absolute Gasteiger partial charge is 0.496 e. The van der Waals surface area contributed by atoms with Gasteiger partial charge in [0.1, 0.15) is 5.75 Å². The molecule has 23 heavy (non-hydrogen) atoms. The maximum absolute atomic E-state index is 12.3. The summed E-state index contributed by atoms with van der Waals surface area (Å²) < 4.78 is 5.45. The van der Waals surface area contributed by atoms with Gasteiger partial charge in [0.15, 0.2) is 0 Å². The third-order valence-corrected chi connectivity index (χ3v) is 3.80. The van der Waals surface area contributed by atoms with E-state index in [9.17, 15) is 4.79 Å². The minimum absolute atomic E-state index is 0.0775. The van der Waals surface area contributed by atoms with Crippen LogP contribution in [-0.2, 0) is 11.3 Å². The van der Waals surface area contributed by atoms with Gasteiger partial charge < -0.3 is 15.0 Å². The van der Waals surface area contributed by atoms with Crippen LogP contribution < -0.4 is 10.1 Å². The van der Waals surface area contributed by atoms with E-state index in [1.165, 1.54) is 5.56 Å². The number of nitrogens with zero attached hydrogens (tertiary/aromatic N) is 1. The Morgan fingerprint density at radius 2 is 1.96 bits per heavy atom. The molecule has 1 amide bonds. The lowest BCUT2D eigenvalue weighted by Gasteiger charge is -2.12. The van der Waals surface area contributed by atoms with Gasteiger partial charge >= 0.3 is 0 Å². The van der Waals surface area contributed by atoms with Crippen LogP contribution in [-0.4, -0.2) is 32.0 Å². The average Bonchev–Trinajstić information content (AvgIpc) is 2.83. The van der Waals surface area contributed by atoms with Crippen molar-refractivity contribution in [1.29, 1.82) is 0 Å². The standard InChI is InChI=1S/C19H20N2O2/c1-21(2)12-13-8-9-18(23-3)14(10-13)11-16-15-6-4-5-7-17(15)20-19(16)22/h4-11H,12H2,1-3H3,(H,20,22)/b16-11-. The van der Waals surface area contributed by atoms with Gasteiger partial charge in [0.2, 0.25) is 0 Å². The number of carbonyl (C=O) groups is 1. The van der Waals surface area contributed by atoms with Crippen LogP contribution >= 0.6 is 0 Å². The first-order valence-corrected chi connectivity index (χ1v) is 7.52. The van der Waals surface area contributed by atoms with Crippen LogP contribution in [0.1, 0.15) is 16.7 Å². The second kappa shape index (κ2) is 6.26. The normalized spacial score (nSPS) is 15.0. The van der Waals surface area contributed by atoms with Crippen molar-refractivity contribution in [3.63, 3.8) is 0 Å². The van der Waals surface area contributed by atoms with E-state index in [0.29, 0.717) is 5.57 Å².